The van der Waals surface area contributed by atoms with Gasteiger partial charge in [0.15, 0.2) is 5.25 Å². The summed E-state index contributed by atoms with van der Waals surface area (Å²) in [5.74, 6) is -1.47. The first-order valence-corrected chi connectivity index (χ1v) is 6.83. The van der Waals surface area contributed by atoms with Gasteiger partial charge in [-0.1, -0.05) is 18.5 Å². The highest BCUT2D eigenvalue weighted by Gasteiger charge is 2.24. The third kappa shape index (κ3) is 3.03. The van der Waals surface area contributed by atoms with Crippen LogP contribution >= 0.6 is 11.6 Å². The van der Waals surface area contributed by atoms with Gasteiger partial charge in [-0.05, 0) is 12.5 Å². The van der Waals surface area contributed by atoms with Crippen molar-refractivity contribution in [1.82, 2.24) is 0 Å². The van der Waals surface area contributed by atoms with Crippen LogP contribution in [-0.2, 0) is 10.0 Å². The number of nitriles is 1. The van der Waals surface area contributed by atoms with Crippen LogP contribution in [0.15, 0.2) is 12.1 Å². The van der Waals surface area contributed by atoms with Crippen molar-refractivity contribution >= 4 is 27.3 Å². The van der Waals surface area contributed by atoms with Crippen LogP contribution < -0.4 is 4.72 Å². The monoisotopic (exact) mass is 292 g/mol. The maximum absolute atomic E-state index is 13.0. The molecule has 0 spiro atoms. The molecule has 0 heterocycles. The molecule has 5 nitrogen and oxygen atoms in total. The molecular weight excluding hydrogens is 283 g/mol. The minimum atomic E-state index is -3.98. The number of nitrogens with zero attached hydrogens (tertiary/aromatic N) is 1. The fourth-order valence-electron chi connectivity index (χ4n) is 1.22. The van der Waals surface area contributed by atoms with Crippen molar-refractivity contribution in [2.75, 3.05) is 4.72 Å². The Labute approximate surface area is 109 Å². The van der Waals surface area contributed by atoms with Gasteiger partial charge in [0, 0.05) is 6.07 Å². The lowest BCUT2D eigenvalue weighted by molar-refractivity contribution is 0.471. The zero-order chi connectivity index (χ0) is 13.9. The van der Waals surface area contributed by atoms with Crippen molar-refractivity contribution in [1.29, 1.82) is 5.26 Å². The molecule has 0 aromatic heterocycles. The summed E-state index contributed by atoms with van der Waals surface area (Å²) >= 11 is 5.48. The first kappa shape index (κ1) is 14.5. The number of benzene rings is 1. The number of phenolic OH excluding ortho intramolecular Hbond substituents is 1. The summed E-state index contributed by atoms with van der Waals surface area (Å²) in [6.45, 7) is 1.53. The first-order valence-electron chi connectivity index (χ1n) is 4.91. The van der Waals surface area contributed by atoms with Crippen LogP contribution in [0.1, 0.15) is 13.3 Å². The molecule has 0 aliphatic heterocycles. The Balaban J connectivity index is 3.13. The summed E-state index contributed by atoms with van der Waals surface area (Å²) in [5.41, 5.74) is -0.268. The molecule has 1 aromatic carbocycles. The van der Waals surface area contributed by atoms with E-state index >= 15 is 0 Å². The van der Waals surface area contributed by atoms with E-state index in [0.717, 1.165) is 6.07 Å². The topological polar surface area (TPSA) is 90.2 Å². The molecule has 1 unspecified atom stereocenters. The number of hydrogen-bond acceptors (Lipinski definition) is 4. The average molecular weight is 293 g/mol. The largest absolute Gasteiger partial charge is 0.506 e. The van der Waals surface area contributed by atoms with Gasteiger partial charge in [-0.15, -0.1) is 0 Å². The smallest absolute Gasteiger partial charge is 0.249 e. The Bertz CT molecular complexity index is 598. The lowest BCUT2D eigenvalue weighted by Crippen LogP contribution is -2.26. The van der Waals surface area contributed by atoms with Crippen LogP contribution in [0.5, 0.6) is 5.75 Å². The van der Waals surface area contributed by atoms with Gasteiger partial charge in [0.05, 0.1) is 16.8 Å². The van der Waals surface area contributed by atoms with E-state index in [0.29, 0.717) is 6.07 Å². The Hall–Kier alpha value is -1.52. The Morgan fingerprint density at radius 3 is 2.72 bits per heavy atom. The molecule has 0 radical (unpaired) electrons. The van der Waals surface area contributed by atoms with Gasteiger partial charge in [0.1, 0.15) is 11.6 Å². The normalized spacial score (nSPS) is 12.8. The summed E-state index contributed by atoms with van der Waals surface area (Å²) in [6.07, 6.45) is 0.0848. The van der Waals surface area contributed by atoms with Gasteiger partial charge in [0.25, 0.3) is 0 Å². The summed E-state index contributed by atoms with van der Waals surface area (Å²) in [6, 6.07) is 3.24. The van der Waals surface area contributed by atoms with Crippen LogP contribution in [0, 0.1) is 17.1 Å². The van der Waals surface area contributed by atoms with E-state index in [4.69, 9.17) is 16.9 Å². The van der Waals surface area contributed by atoms with Crippen LogP contribution in [0.4, 0.5) is 10.1 Å². The number of nitrogens with one attached hydrogen (secondary N) is 1. The molecule has 98 valence electrons. The molecule has 1 atom stereocenters. The van der Waals surface area contributed by atoms with E-state index in [1.54, 1.807) is 6.07 Å². The number of rotatable bonds is 4. The van der Waals surface area contributed by atoms with Crippen LogP contribution in [0.2, 0.25) is 5.02 Å². The second-order valence-electron chi connectivity index (χ2n) is 3.46. The van der Waals surface area contributed by atoms with E-state index in [1.165, 1.54) is 6.92 Å². The molecule has 18 heavy (non-hydrogen) atoms. The van der Waals surface area contributed by atoms with Crippen molar-refractivity contribution in [3.8, 4) is 11.8 Å². The molecule has 0 bridgehead atoms. The third-order valence-electron chi connectivity index (χ3n) is 2.18. The summed E-state index contributed by atoms with van der Waals surface area (Å²) < 4.78 is 38.4. The molecular formula is C10H10ClFN2O3S. The predicted molar refractivity (Wildman–Crippen MR) is 65.3 cm³/mol. The lowest BCUT2D eigenvalue weighted by atomic mass is 10.3. The van der Waals surface area contributed by atoms with Gasteiger partial charge in [-0.2, -0.15) is 5.26 Å². The minimum Gasteiger partial charge on any atom is -0.506 e. The maximum atomic E-state index is 13.0. The van der Waals surface area contributed by atoms with Gasteiger partial charge in [-0.25, -0.2) is 12.8 Å². The third-order valence-corrected chi connectivity index (χ3v) is 4.16. The zero-order valence-corrected chi connectivity index (χ0v) is 10.9. The highest BCUT2D eigenvalue weighted by Crippen LogP contribution is 2.30. The summed E-state index contributed by atoms with van der Waals surface area (Å²) in [7, 11) is -3.98. The minimum absolute atomic E-state index is 0.0848. The van der Waals surface area contributed by atoms with E-state index < -0.39 is 26.8 Å². The summed E-state index contributed by atoms with van der Waals surface area (Å²) in [5, 5.41) is 16.5. The molecule has 1 aromatic rings. The SMILES string of the molecule is CCC(C#N)S(=O)(=O)Nc1cc(Cl)c(F)cc1O. The van der Waals surface area contributed by atoms with Crippen molar-refractivity contribution in [2.45, 2.75) is 18.6 Å². The predicted octanol–water partition coefficient (Wildman–Crippen LogP) is 2.23. The molecule has 0 aliphatic carbocycles. The van der Waals surface area contributed by atoms with Crippen LogP contribution in [0.25, 0.3) is 0 Å². The molecule has 1 rings (SSSR count). The number of halogens is 2. The number of phenols is 1. The zero-order valence-electron chi connectivity index (χ0n) is 9.31. The molecule has 8 heteroatoms. The fraction of sp³-hybridized carbons (Fsp3) is 0.300. The molecule has 2 N–H and O–H groups in total. The van der Waals surface area contributed by atoms with Crippen molar-refractivity contribution < 1.29 is 17.9 Å². The van der Waals surface area contributed by atoms with E-state index in [-0.39, 0.29) is 17.1 Å². The van der Waals surface area contributed by atoms with Crippen molar-refractivity contribution in [2.24, 2.45) is 0 Å². The van der Waals surface area contributed by atoms with Crippen LogP contribution in [0.3, 0.4) is 0 Å². The second kappa shape index (κ2) is 5.42. The van der Waals surface area contributed by atoms with Crippen LogP contribution in [-0.4, -0.2) is 18.8 Å². The molecule has 0 saturated carbocycles. The number of anilines is 1. The van der Waals surface area contributed by atoms with Gasteiger partial charge < -0.3 is 5.11 Å². The van der Waals surface area contributed by atoms with Crippen molar-refractivity contribution in [3.05, 3.63) is 23.0 Å². The molecule has 0 aliphatic rings. The Morgan fingerprint density at radius 1 is 1.61 bits per heavy atom. The lowest BCUT2D eigenvalue weighted by Gasteiger charge is -2.12. The van der Waals surface area contributed by atoms with Gasteiger partial charge in [-0.3, -0.25) is 4.72 Å². The highest BCUT2D eigenvalue weighted by molar-refractivity contribution is 7.93. The van der Waals surface area contributed by atoms with Crippen molar-refractivity contribution in [3.63, 3.8) is 0 Å². The highest BCUT2D eigenvalue weighted by atomic mass is 35.5. The Kier molecular flexibility index (Phi) is 4.38. The number of aromatic hydroxyl groups is 1. The fourth-order valence-corrected chi connectivity index (χ4v) is 2.58. The van der Waals surface area contributed by atoms with E-state index in [1.807, 2.05) is 4.72 Å². The molecule has 0 amide bonds. The van der Waals surface area contributed by atoms with E-state index in [9.17, 15) is 17.9 Å². The number of hydrogen-bond donors (Lipinski definition) is 2. The van der Waals surface area contributed by atoms with Gasteiger partial charge >= 0.3 is 0 Å². The molecule has 0 fully saturated rings. The maximum Gasteiger partial charge on any atom is 0.249 e. The van der Waals surface area contributed by atoms with E-state index in [2.05, 4.69) is 0 Å². The molecule has 0 saturated heterocycles. The number of sulfonamides is 1. The quantitative estimate of drug-likeness (QED) is 0.833. The Morgan fingerprint density at radius 2 is 2.22 bits per heavy atom. The second-order valence-corrected chi connectivity index (χ2v) is 5.73. The average Bonchev–Trinajstić information content (AvgIpc) is 2.26. The first-order chi connectivity index (χ1) is 8.31. The van der Waals surface area contributed by atoms with Gasteiger partial charge in [0.2, 0.25) is 10.0 Å². The standard InChI is InChI=1S/C10H10ClFN2O3S/c1-2-6(5-13)18(16,17)14-9-3-7(11)8(12)4-10(9)15/h3-4,6,14-15H,2H2,1H3. The summed E-state index contributed by atoms with van der Waals surface area (Å²) in [4.78, 5) is 0.